The molecule has 1 atom stereocenters. The topological polar surface area (TPSA) is 61.8 Å². The summed E-state index contributed by atoms with van der Waals surface area (Å²) in [7, 11) is 1.61. The highest BCUT2D eigenvalue weighted by atomic mass is 16.5. The summed E-state index contributed by atoms with van der Waals surface area (Å²) >= 11 is 0. The van der Waals surface area contributed by atoms with Crippen LogP contribution in [0.3, 0.4) is 0 Å². The van der Waals surface area contributed by atoms with E-state index in [-0.39, 0.29) is 12.5 Å². The highest BCUT2D eigenvalue weighted by Gasteiger charge is 2.23. The van der Waals surface area contributed by atoms with E-state index >= 15 is 0 Å². The lowest BCUT2D eigenvalue weighted by Gasteiger charge is -2.15. The maximum absolute atomic E-state index is 11.9. The van der Waals surface area contributed by atoms with Crippen LogP contribution in [0.25, 0.3) is 0 Å². The smallest absolute Gasteiger partial charge is 0.238 e. The van der Waals surface area contributed by atoms with Gasteiger partial charge in [0.25, 0.3) is 0 Å². The standard InChI is InChI=1S/C14H20N2O3/c1-19-13-4-2-12(3-5-13)15-14(18)9-16-7-6-11(8-16)10-17/h2-5,11,17H,6-10H2,1H3,(H,15,18). The number of nitrogens with one attached hydrogen (secondary N) is 1. The van der Waals surface area contributed by atoms with E-state index < -0.39 is 0 Å². The summed E-state index contributed by atoms with van der Waals surface area (Å²) in [6.45, 7) is 2.26. The Labute approximate surface area is 113 Å². The van der Waals surface area contributed by atoms with E-state index in [0.717, 1.165) is 30.9 Å². The molecule has 1 fully saturated rings. The zero-order chi connectivity index (χ0) is 13.7. The Morgan fingerprint density at radius 3 is 2.79 bits per heavy atom. The predicted molar refractivity (Wildman–Crippen MR) is 73.3 cm³/mol. The molecule has 1 unspecified atom stereocenters. The van der Waals surface area contributed by atoms with Gasteiger partial charge in [-0.1, -0.05) is 0 Å². The van der Waals surface area contributed by atoms with Gasteiger partial charge in [0.2, 0.25) is 5.91 Å². The molecule has 5 heteroatoms. The normalized spacial score (nSPS) is 19.4. The molecule has 2 rings (SSSR count). The number of hydrogen-bond acceptors (Lipinski definition) is 4. The second-order valence-corrected chi connectivity index (χ2v) is 4.85. The van der Waals surface area contributed by atoms with Crippen molar-refractivity contribution in [2.45, 2.75) is 6.42 Å². The lowest BCUT2D eigenvalue weighted by molar-refractivity contribution is -0.117. The van der Waals surface area contributed by atoms with E-state index in [1.807, 2.05) is 24.3 Å². The second-order valence-electron chi connectivity index (χ2n) is 4.85. The molecule has 1 aliphatic heterocycles. The van der Waals surface area contributed by atoms with Crippen molar-refractivity contribution in [1.29, 1.82) is 0 Å². The first-order valence-electron chi connectivity index (χ1n) is 6.48. The maximum atomic E-state index is 11.9. The van der Waals surface area contributed by atoms with E-state index in [2.05, 4.69) is 10.2 Å². The number of aliphatic hydroxyl groups is 1. The van der Waals surface area contributed by atoms with Gasteiger partial charge >= 0.3 is 0 Å². The van der Waals surface area contributed by atoms with Crippen LogP contribution >= 0.6 is 0 Å². The van der Waals surface area contributed by atoms with Gasteiger partial charge in [-0.2, -0.15) is 0 Å². The third kappa shape index (κ3) is 3.94. The summed E-state index contributed by atoms with van der Waals surface area (Å²) in [6.07, 6.45) is 0.965. The summed E-state index contributed by atoms with van der Waals surface area (Å²) in [6, 6.07) is 7.26. The first-order chi connectivity index (χ1) is 9.21. The van der Waals surface area contributed by atoms with Gasteiger partial charge in [0.1, 0.15) is 5.75 Å². The molecule has 1 saturated heterocycles. The van der Waals surface area contributed by atoms with Gasteiger partial charge < -0.3 is 15.2 Å². The number of ether oxygens (including phenoxy) is 1. The summed E-state index contributed by atoms with van der Waals surface area (Å²) in [5, 5.41) is 11.9. The van der Waals surface area contributed by atoms with Crippen LogP contribution in [0.15, 0.2) is 24.3 Å². The Kier molecular flexibility index (Phi) is 4.76. The molecule has 104 valence electrons. The summed E-state index contributed by atoms with van der Waals surface area (Å²) in [4.78, 5) is 13.9. The van der Waals surface area contributed by atoms with Crippen LogP contribution in [0.4, 0.5) is 5.69 Å². The number of rotatable bonds is 5. The molecule has 1 aromatic carbocycles. The number of nitrogens with zero attached hydrogens (tertiary/aromatic N) is 1. The van der Waals surface area contributed by atoms with E-state index in [0.29, 0.717) is 12.5 Å². The molecule has 1 amide bonds. The van der Waals surface area contributed by atoms with Crippen LogP contribution in [-0.2, 0) is 4.79 Å². The van der Waals surface area contributed by atoms with Crippen molar-refractivity contribution >= 4 is 11.6 Å². The van der Waals surface area contributed by atoms with E-state index in [1.54, 1.807) is 7.11 Å². The zero-order valence-corrected chi connectivity index (χ0v) is 11.1. The largest absolute Gasteiger partial charge is 0.497 e. The molecule has 0 spiro atoms. The maximum Gasteiger partial charge on any atom is 0.238 e. The lowest BCUT2D eigenvalue weighted by Crippen LogP contribution is -2.31. The number of aliphatic hydroxyl groups excluding tert-OH is 1. The van der Waals surface area contributed by atoms with Crippen LogP contribution in [0.1, 0.15) is 6.42 Å². The molecule has 0 aliphatic carbocycles. The van der Waals surface area contributed by atoms with Crippen molar-refractivity contribution in [3.8, 4) is 5.75 Å². The molecule has 1 aromatic rings. The van der Waals surface area contributed by atoms with Crippen LogP contribution in [0.2, 0.25) is 0 Å². The van der Waals surface area contributed by atoms with Crippen molar-refractivity contribution in [1.82, 2.24) is 4.90 Å². The fraction of sp³-hybridized carbons (Fsp3) is 0.500. The van der Waals surface area contributed by atoms with E-state index in [4.69, 9.17) is 9.84 Å². The van der Waals surface area contributed by atoms with Crippen molar-refractivity contribution < 1.29 is 14.6 Å². The van der Waals surface area contributed by atoms with Crippen LogP contribution in [-0.4, -0.2) is 49.3 Å². The average Bonchev–Trinajstić information content (AvgIpc) is 2.87. The monoisotopic (exact) mass is 264 g/mol. The SMILES string of the molecule is COc1ccc(NC(=O)CN2CCC(CO)C2)cc1. The number of amides is 1. The minimum Gasteiger partial charge on any atom is -0.497 e. The number of carbonyl (C=O) groups excluding carboxylic acids is 1. The average molecular weight is 264 g/mol. The molecule has 0 bridgehead atoms. The molecule has 5 nitrogen and oxygen atoms in total. The van der Waals surface area contributed by atoms with E-state index in [1.165, 1.54) is 0 Å². The number of carbonyl (C=O) groups is 1. The summed E-state index contributed by atoms with van der Waals surface area (Å²) in [5.41, 5.74) is 0.767. The Morgan fingerprint density at radius 1 is 1.47 bits per heavy atom. The minimum atomic E-state index is -0.0243. The van der Waals surface area contributed by atoms with Crippen LogP contribution in [0.5, 0.6) is 5.75 Å². The highest BCUT2D eigenvalue weighted by Crippen LogP contribution is 2.17. The van der Waals surface area contributed by atoms with Crippen molar-refractivity contribution in [3.63, 3.8) is 0 Å². The molecular formula is C14H20N2O3. The number of anilines is 1. The lowest BCUT2D eigenvalue weighted by atomic mass is 10.1. The number of benzene rings is 1. The highest BCUT2D eigenvalue weighted by molar-refractivity contribution is 5.92. The molecule has 0 radical (unpaired) electrons. The molecule has 1 heterocycles. The number of likely N-dealkylation sites (tertiary alicyclic amines) is 1. The first kappa shape index (κ1) is 13.8. The molecular weight excluding hydrogens is 244 g/mol. The number of hydrogen-bond donors (Lipinski definition) is 2. The molecule has 2 N–H and O–H groups in total. The first-order valence-corrected chi connectivity index (χ1v) is 6.48. The van der Waals surface area contributed by atoms with Gasteiger partial charge in [-0.15, -0.1) is 0 Å². The summed E-state index contributed by atoms with van der Waals surface area (Å²) in [5.74, 6) is 1.06. The van der Waals surface area contributed by atoms with Crippen molar-refractivity contribution in [3.05, 3.63) is 24.3 Å². The zero-order valence-electron chi connectivity index (χ0n) is 11.1. The van der Waals surface area contributed by atoms with Crippen LogP contribution in [0, 0.1) is 5.92 Å². The van der Waals surface area contributed by atoms with Crippen molar-refractivity contribution in [2.75, 3.05) is 38.7 Å². The third-order valence-corrected chi connectivity index (χ3v) is 3.37. The third-order valence-electron chi connectivity index (χ3n) is 3.37. The van der Waals surface area contributed by atoms with Gasteiger partial charge in [-0.25, -0.2) is 0 Å². The number of methoxy groups -OCH3 is 1. The molecule has 0 saturated carbocycles. The molecule has 0 aromatic heterocycles. The van der Waals surface area contributed by atoms with Gasteiger partial charge in [0.05, 0.1) is 13.7 Å². The predicted octanol–water partition coefficient (Wildman–Crippen LogP) is 0.948. The molecule has 19 heavy (non-hydrogen) atoms. The Hall–Kier alpha value is -1.59. The van der Waals surface area contributed by atoms with Gasteiger partial charge in [0, 0.05) is 18.8 Å². The van der Waals surface area contributed by atoms with Gasteiger partial charge in [0.15, 0.2) is 0 Å². The fourth-order valence-electron chi connectivity index (χ4n) is 2.28. The van der Waals surface area contributed by atoms with Crippen molar-refractivity contribution in [2.24, 2.45) is 5.92 Å². The Morgan fingerprint density at radius 2 is 2.21 bits per heavy atom. The Balaban J connectivity index is 1.80. The van der Waals surface area contributed by atoms with Crippen LogP contribution < -0.4 is 10.1 Å². The van der Waals surface area contributed by atoms with Gasteiger partial charge in [-0.05, 0) is 43.1 Å². The van der Waals surface area contributed by atoms with E-state index in [9.17, 15) is 4.79 Å². The summed E-state index contributed by atoms with van der Waals surface area (Å²) < 4.78 is 5.06. The minimum absolute atomic E-state index is 0.0243. The Bertz CT molecular complexity index is 419. The molecule has 1 aliphatic rings. The second kappa shape index (κ2) is 6.54. The van der Waals surface area contributed by atoms with Gasteiger partial charge in [-0.3, -0.25) is 9.69 Å². The fourth-order valence-corrected chi connectivity index (χ4v) is 2.28. The quantitative estimate of drug-likeness (QED) is 0.831.